The molecule has 17 heavy (non-hydrogen) atoms. The van der Waals surface area contributed by atoms with E-state index in [0.29, 0.717) is 29.0 Å². The third kappa shape index (κ3) is 1.93. The van der Waals surface area contributed by atoms with Gasteiger partial charge in [0.2, 0.25) is 0 Å². The van der Waals surface area contributed by atoms with Gasteiger partial charge in [-0.25, -0.2) is 4.39 Å². The number of rotatable bonds is 3. The van der Waals surface area contributed by atoms with Gasteiger partial charge in [-0.3, -0.25) is 4.79 Å². The van der Waals surface area contributed by atoms with E-state index in [2.05, 4.69) is 0 Å². The van der Waals surface area contributed by atoms with Crippen LogP contribution in [0.2, 0.25) is 5.02 Å². The number of carboxylic acids is 1. The maximum atomic E-state index is 13.1. The molecule has 2 nitrogen and oxygen atoms in total. The fourth-order valence-electron chi connectivity index (χ4n) is 2.30. The number of hydrogen-bond donors (Lipinski definition) is 1. The summed E-state index contributed by atoms with van der Waals surface area (Å²) in [5.41, 5.74) is 0.246. The quantitative estimate of drug-likeness (QED) is 0.891. The summed E-state index contributed by atoms with van der Waals surface area (Å²) in [5, 5.41) is 9.66. The smallest absolute Gasteiger partial charge is 0.314 e. The Hall–Kier alpha value is -1.09. The second-order valence-corrected chi connectivity index (χ2v) is 5.00. The Morgan fingerprint density at radius 3 is 2.53 bits per heavy atom. The highest BCUT2D eigenvalue weighted by Gasteiger charge is 2.47. The summed E-state index contributed by atoms with van der Waals surface area (Å²) in [6.45, 7) is 1.43. The lowest BCUT2D eigenvalue weighted by Crippen LogP contribution is -2.42. The first kappa shape index (κ1) is 12.4. The van der Waals surface area contributed by atoms with E-state index in [1.807, 2.05) is 0 Å². The van der Waals surface area contributed by atoms with Gasteiger partial charge in [-0.15, -0.1) is 0 Å². The highest BCUT2D eigenvalue weighted by atomic mass is 35.5. The zero-order valence-corrected chi connectivity index (χ0v) is 10.3. The first-order valence-corrected chi connectivity index (χ1v) is 6.02. The number of hydrogen-bond acceptors (Lipinski definition) is 1. The molecular formula is C13H14ClFO2. The minimum Gasteiger partial charge on any atom is -0.481 e. The summed E-state index contributed by atoms with van der Waals surface area (Å²) < 4.78 is 13.1. The lowest BCUT2D eigenvalue weighted by Gasteiger charge is -2.38. The van der Waals surface area contributed by atoms with Gasteiger partial charge >= 0.3 is 5.97 Å². The van der Waals surface area contributed by atoms with Crippen molar-refractivity contribution < 1.29 is 14.3 Å². The molecule has 2 rings (SSSR count). The minimum atomic E-state index is -1.09. The zero-order chi connectivity index (χ0) is 12.6. The van der Waals surface area contributed by atoms with Gasteiger partial charge in [0.25, 0.3) is 0 Å². The molecule has 1 aliphatic carbocycles. The third-order valence-electron chi connectivity index (χ3n) is 3.58. The van der Waals surface area contributed by atoms with Crippen LogP contribution in [0.1, 0.15) is 43.5 Å². The number of carbonyl (C=O) groups is 1. The molecule has 92 valence electrons. The predicted octanol–water partition coefficient (Wildman–Crippen LogP) is 3.88. The van der Waals surface area contributed by atoms with Gasteiger partial charge in [0.15, 0.2) is 0 Å². The molecule has 1 aromatic rings. The summed E-state index contributed by atoms with van der Waals surface area (Å²) in [6.07, 6.45) is 1.01. The van der Waals surface area contributed by atoms with Gasteiger partial charge in [0.1, 0.15) is 6.17 Å². The van der Waals surface area contributed by atoms with Crippen LogP contribution in [0.5, 0.6) is 0 Å². The van der Waals surface area contributed by atoms with Crippen molar-refractivity contribution in [2.45, 2.75) is 37.8 Å². The molecule has 1 N–H and O–H groups in total. The summed E-state index contributed by atoms with van der Waals surface area (Å²) >= 11 is 6.08. The molecule has 1 unspecified atom stereocenters. The monoisotopic (exact) mass is 256 g/mol. The normalized spacial score (nSPS) is 19.5. The van der Waals surface area contributed by atoms with E-state index in [1.54, 1.807) is 12.1 Å². The standard InChI is InChI=1S/C13H14ClFO2/c1-8(15)9-3-4-10(11(14)7-9)13(12(16)17)5-2-6-13/h3-4,7-8H,2,5-6H2,1H3,(H,16,17). The molecule has 0 aromatic heterocycles. The van der Waals surface area contributed by atoms with Gasteiger partial charge in [0, 0.05) is 5.02 Å². The summed E-state index contributed by atoms with van der Waals surface area (Å²) in [5.74, 6) is -0.841. The summed E-state index contributed by atoms with van der Waals surface area (Å²) in [4.78, 5) is 11.3. The Morgan fingerprint density at radius 2 is 2.18 bits per heavy atom. The SMILES string of the molecule is CC(F)c1ccc(C2(C(=O)O)CCC2)c(Cl)c1. The van der Waals surface area contributed by atoms with Gasteiger partial charge in [-0.1, -0.05) is 30.2 Å². The Kier molecular flexibility index (Phi) is 3.13. The van der Waals surface area contributed by atoms with Crippen LogP contribution in [-0.4, -0.2) is 11.1 Å². The number of carboxylic acid groups (broad SMARTS) is 1. The molecule has 0 heterocycles. The van der Waals surface area contributed by atoms with Gasteiger partial charge < -0.3 is 5.11 Å². The van der Waals surface area contributed by atoms with Crippen molar-refractivity contribution in [3.05, 3.63) is 34.3 Å². The topological polar surface area (TPSA) is 37.3 Å². The zero-order valence-electron chi connectivity index (χ0n) is 9.54. The molecule has 1 aliphatic rings. The first-order valence-electron chi connectivity index (χ1n) is 5.65. The highest BCUT2D eigenvalue weighted by Crippen LogP contribution is 2.46. The van der Waals surface area contributed by atoms with Crippen molar-refractivity contribution >= 4 is 17.6 Å². The molecule has 1 fully saturated rings. The van der Waals surface area contributed by atoms with Gasteiger partial charge in [-0.2, -0.15) is 0 Å². The van der Waals surface area contributed by atoms with E-state index < -0.39 is 17.6 Å². The van der Waals surface area contributed by atoms with E-state index >= 15 is 0 Å². The Labute approximate surface area is 104 Å². The summed E-state index contributed by atoms with van der Waals surface area (Å²) in [6, 6.07) is 4.81. The predicted molar refractivity (Wildman–Crippen MR) is 64.1 cm³/mol. The molecule has 0 spiro atoms. The lowest BCUT2D eigenvalue weighted by atomic mass is 9.64. The average molecular weight is 257 g/mol. The lowest BCUT2D eigenvalue weighted by molar-refractivity contribution is -0.147. The van der Waals surface area contributed by atoms with E-state index in [-0.39, 0.29) is 0 Å². The fraction of sp³-hybridized carbons (Fsp3) is 0.462. The second kappa shape index (κ2) is 4.30. The van der Waals surface area contributed by atoms with Crippen LogP contribution in [0.15, 0.2) is 18.2 Å². The molecule has 1 aromatic carbocycles. The van der Waals surface area contributed by atoms with Crippen LogP contribution in [0, 0.1) is 0 Å². The van der Waals surface area contributed by atoms with Crippen molar-refractivity contribution in [2.75, 3.05) is 0 Å². The Morgan fingerprint density at radius 1 is 1.53 bits per heavy atom. The minimum absolute atomic E-state index is 0.356. The number of aliphatic carboxylic acids is 1. The molecule has 1 atom stereocenters. The molecule has 0 saturated heterocycles. The van der Waals surface area contributed by atoms with Gasteiger partial charge in [0.05, 0.1) is 5.41 Å². The summed E-state index contributed by atoms with van der Waals surface area (Å²) in [7, 11) is 0. The third-order valence-corrected chi connectivity index (χ3v) is 3.90. The van der Waals surface area contributed by atoms with E-state index in [0.717, 1.165) is 6.42 Å². The average Bonchev–Trinajstić information content (AvgIpc) is 2.17. The van der Waals surface area contributed by atoms with E-state index in [1.165, 1.54) is 13.0 Å². The number of halogens is 2. The number of benzene rings is 1. The largest absolute Gasteiger partial charge is 0.481 e. The maximum Gasteiger partial charge on any atom is 0.314 e. The maximum absolute atomic E-state index is 13.1. The molecule has 4 heteroatoms. The Bertz CT molecular complexity index is 453. The Balaban J connectivity index is 2.43. The van der Waals surface area contributed by atoms with Gasteiger partial charge in [-0.05, 0) is 37.0 Å². The van der Waals surface area contributed by atoms with Crippen LogP contribution in [-0.2, 0) is 10.2 Å². The van der Waals surface area contributed by atoms with Crippen molar-refractivity contribution in [1.29, 1.82) is 0 Å². The van der Waals surface area contributed by atoms with Crippen LogP contribution >= 0.6 is 11.6 Å². The molecule has 0 radical (unpaired) electrons. The van der Waals surface area contributed by atoms with Crippen LogP contribution < -0.4 is 0 Å². The fourth-order valence-corrected chi connectivity index (χ4v) is 2.67. The molecule has 1 saturated carbocycles. The van der Waals surface area contributed by atoms with Crippen molar-refractivity contribution in [1.82, 2.24) is 0 Å². The van der Waals surface area contributed by atoms with E-state index in [9.17, 15) is 14.3 Å². The van der Waals surface area contributed by atoms with Crippen molar-refractivity contribution in [2.24, 2.45) is 0 Å². The second-order valence-electron chi connectivity index (χ2n) is 4.60. The first-order chi connectivity index (χ1) is 7.97. The highest BCUT2D eigenvalue weighted by molar-refractivity contribution is 6.31. The van der Waals surface area contributed by atoms with Crippen molar-refractivity contribution in [3.8, 4) is 0 Å². The van der Waals surface area contributed by atoms with Crippen LogP contribution in [0.3, 0.4) is 0 Å². The van der Waals surface area contributed by atoms with Crippen molar-refractivity contribution in [3.63, 3.8) is 0 Å². The number of alkyl halides is 1. The molecule has 0 amide bonds. The van der Waals surface area contributed by atoms with E-state index in [4.69, 9.17) is 11.6 Å². The van der Waals surface area contributed by atoms with Crippen LogP contribution in [0.4, 0.5) is 4.39 Å². The molecule has 0 aliphatic heterocycles. The molecule has 0 bridgehead atoms. The molecular weight excluding hydrogens is 243 g/mol. The van der Waals surface area contributed by atoms with Crippen LogP contribution in [0.25, 0.3) is 0 Å².